The van der Waals surface area contributed by atoms with Crippen molar-refractivity contribution in [2.24, 2.45) is 0 Å². The van der Waals surface area contributed by atoms with Crippen LogP contribution in [-0.4, -0.2) is 30.3 Å². The number of H-pyrrole nitrogens is 1. The van der Waals surface area contributed by atoms with Gasteiger partial charge in [-0.15, -0.1) is 0 Å². The molecule has 4 aromatic rings. The molecule has 0 fully saturated rings. The highest BCUT2D eigenvalue weighted by Gasteiger charge is 2.27. The SMILES string of the molecule is CC(=O)c1ccc(S(=O)(=O)N(Cc2ccc3c(c2)OCO3)Cc2cc3c(C)cc(C)cc3[nH]c2=O)cc1. The second kappa shape index (κ2) is 9.49. The third-order valence-corrected chi connectivity index (χ3v) is 8.24. The lowest BCUT2D eigenvalue weighted by Crippen LogP contribution is -2.32. The van der Waals surface area contributed by atoms with Crippen LogP contribution in [-0.2, 0) is 23.1 Å². The number of sulfonamides is 1. The summed E-state index contributed by atoms with van der Waals surface area (Å²) >= 11 is 0. The fraction of sp³-hybridized carbons (Fsp3) is 0.214. The number of nitrogens with one attached hydrogen (secondary N) is 1. The Hall–Kier alpha value is -3.95. The number of rotatable bonds is 7. The molecule has 190 valence electrons. The number of carbonyl (C=O) groups excluding carboxylic acids is 1. The lowest BCUT2D eigenvalue weighted by Gasteiger charge is -2.23. The molecule has 5 rings (SSSR count). The highest BCUT2D eigenvalue weighted by molar-refractivity contribution is 7.89. The van der Waals surface area contributed by atoms with Crippen LogP contribution in [0, 0.1) is 13.8 Å². The average molecular weight is 519 g/mol. The largest absolute Gasteiger partial charge is 0.454 e. The van der Waals surface area contributed by atoms with Gasteiger partial charge in [-0.05, 0) is 73.9 Å². The number of nitrogens with zero attached hydrogens (tertiary/aromatic N) is 1. The van der Waals surface area contributed by atoms with Crippen molar-refractivity contribution in [3.63, 3.8) is 0 Å². The lowest BCUT2D eigenvalue weighted by molar-refractivity contribution is 0.101. The zero-order chi connectivity index (χ0) is 26.3. The summed E-state index contributed by atoms with van der Waals surface area (Å²) in [6, 6.07) is 16.7. The summed E-state index contributed by atoms with van der Waals surface area (Å²) in [4.78, 5) is 27.7. The van der Waals surface area contributed by atoms with Crippen molar-refractivity contribution in [3.05, 3.63) is 98.8 Å². The van der Waals surface area contributed by atoms with Gasteiger partial charge in [-0.3, -0.25) is 9.59 Å². The van der Waals surface area contributed by atoms with Crippen molar-refractivity contribution < 1.29 is 22.7 Å². The smallest absolute Gasteiger partial charge is 0.252 e. The molecule has 3 aromatic carbocycles. The van der Waals surface area contributed by atoms with Crippen LogP contribution in [0.15, 0.2) is 70.4 Å². The summed E-state index contributed by atoms with van der Waals surface area (Å²) in [5.41, 5.74) is 3.78. The van der Waals surface area contributed by atoms with Crippen LogP contribution >= 0.6 is 0 Å². The quantitative estimate of drug-likeness (QED) is 0.362. The van der Waals surface area contributed by atoms with Gasteiger partial charge in [0, 0.05) is 35.1 Å². The second-order valence-corrected chi connectivity index (χ2v) is 11.1. The molecule has 1 N–H and O–H groups in total. The van der Waals surface area contributed by atoms with Crippen molar-refractivity contribution in [1.82, 2.24) is 9.29 Å². The number of aromatic nitrogens is 1. The summed E-state index contributed by atoms with van der Waals surface area (Å²) in [5.74, 6) is 0.972. The van der Waals surface area contributed by atoms with E-state index in [0.29, 0.717) is 33.7 Å². The molecule has 0 amide bonds. The van der Waals surface area contributed by atoms with Crippen LogP contribution < -0.4 is 15.0 Å². The first-order chi connectivity index (χ1) is 17.6. The summed E-state index contributed by atoms with van der Waals surface area (Å²) in [7, 11) is -4.04. The zero-order valence-corrected chi connectivity index (χ0v) is 21.5. The first-order valence-electron chi connectivity index (χ1n) is 11.7. The Kier molecular flexibility index (Phi) is 6.35. The van der Waals surface area contributed by atoms with Crippen molar-refractivity contribution in [2.45, 2.75) is 38.8 Å². The molecular formula is C28H26N2O6S. The first kappa shape index (κ1) is 24.7. The topological polar surface area (TPSA) is 106 Å². The van der Waals surface area contributed by atoms with E-state index < -0.39 is 10.0 Å². The van der Waals surface area contributed by atoms with Gasteiger partial charge in [-0.1, -0.05) is 24.3 Å². The van der Waals surface area contributed by atoms with E-state index in [9.17, 15) is 18.0 Å². The Bertz CT molecular complexity index is 1690. The highest BCUT2D eigenvalue weighted by Crippen LogP contribution is 2.33. The molecule has 9 heteroatoms. The molecule has 0 spiro atoms. The number of benzene rings is 3. The monoisotopic (exact) mass is 518 g/mol. The normalized spacial score (nSPS) is 12.9. The Morgan fingerprint density at radius 1 is 0.946 bits per heavy atom. The first-order valence-corrected chi connectivity index (χ1v) is 13.2. The minimum atomic E-state index is -4.04. The predicted molar refractivity (Wildman–Crippen MR) is 139 cm³/mol. The molecule has 1 aliphatic heterocycles. The van der Waals surface area contributed by atoms with Gasteiger partial charge in [0.05, 0.1) is 4.90 Å². The molecular weight excluding hydrogens is 492 g/mol. The number of pyridine rings is 1. The molecule has 0 radical (unpaired) electrons. The van der Waals surface area contributed by atoms with Gasteiger partial charge in [-0.25, -0.2) is 8.42 Å². The predicted octanol–water partition coefficient (Wildman–Crippen LogP) is 4.47. The number of ether oxygens (including phenoxy) is 2. The van der Waals surface area contributed by atoms with Crippen molar-refractivity contribution >= 4 is 26.7 Å². The standard InChI is InChI=1S/C28H26N2O6S/c1-17-10-18(2)24-13-22(28(32)29-25(24)11-17)15-30(14-20-4-9-26-27(12-20)36-16-35-26)37(33,34)23-7-5-21(6-8-23)19(3)31/h4-13H,14-16H2,1-3H3,(H,29,32). The molecule has 1 aliphatic rings. The van der Waals surface area contributed by atoms with Gasteiger partial charge in [0.2, 0.25) is 16.8 Å². The molecule has 37 heavy (non-hydrogen) atoms. The van der Waals surface area contributed by atoms with Gasteiger partial charge in [0.25, 0.3) is 5.56 Å². The molecule has 2 heterocycles. The van der Waals surface area contributed by atoms with Gasteiger partial charge in [-0.2, -0.15) is 4.31 Å². The molecule has 0 aliphatic carbocycles. The minimum Gasteiger partial charge on any atom is -0.454 e. The van der Waals surface area contributed by atoms with Crippen LogP contribution in [0.1, 0.15) is 39.5 Å². The maximum atomic E-state index is 13.8. The van der Waals surface area contributed by atoms with Crippen LogP contribution in [0.2, 0.25) is 0 Å². The van der Waals surface area contributed by atoms with E-state index in [1.807, 2.05) is 26.0 Å². The van der Waals surface area contributed by atoms with E-state index in [-0.39, 0.29) is 36.1 Å². The Labute approximate surface area is 214 Å². The van der Waals surface area contributed by atoms with Gasteiger partial charge < -0.3 is 14.5 Å². The number of aromatic amines is 1. The van der Waals surface area contributed by atoms with Crippen LogP contribution in [0.4, 0.5) is 0 Å². The zero-order valence-electron chi connectivity index (χ0n) is 20.7. The Morgan fingerprint density at radius 3 is 2.41 bits per heavy atom. The highest BCUT2D eigenvalue weighted by atomic mass is 32.2. The maximum Gasteiger partial charge on any atom is 0.252 e. The fourth-order valence-corrected chi connectivity index (χ4v) is 5.91. The Morgan fingerprint density at radius 2 is 1.68 bits per heavy atom. The number of aryl methyl sites for hydroxylation is 2. The van der Waals surface area contributed by atoms with Crippen LogP contribution in [0.25, 0.3) is 10.9 Å². The molecule has 8 nitrogen and oxygen atoms in total. The molecule has 0 atom stereocenters. The third kappa shape index (κ3) is 4.87. The number of hydrogen-bond donors (Lipinski definition) is 1. The third-order valence-electron chi connectivity index (χ3n) is 6.43. The molecule has 0 bridgehead atoms. The minimum absolute atomic E-state index is 0.00219. The van der Waals surface area contributed by atoms with E-state index in [1.165, 1.54) is 35.5 Å². The summed E-state index contributed by atoms with van der Waals surface area (Å²) in [6.07, 6.45) is 0. The van der Waals surface area contributed by atoms with E-state index in [4.69, 9.17) is 9.47 Å². The van der Waals surface area contributed by atoms with Gasteiger partial charge >= 0.3 is 0 Å². The number of ketones is 1. The number of carbonyl (C=O) groups is 1. The molecule has 0 unspecified atom stereocenters. The van der Waals surface area contributed by atoms with E-state index in [0.717, 1.165) is 16.5 Å². The van der Waals surface area contributed by atoms with Crippen LogP contribution in [0.3, 0.4) is 0 Å². The van der Waals surface area contributed by atoms with E-state index >= 15 is 0 Å². The van der Waals surface area contributed by atoms with Crippen LogP contribution in [0.5, 0.6) is 11.5 Å². The van der Waals surface area contributed by atoms with E-state index in [2.05, 4.69) is 4.98 Å². The number of fused-ring (bicyclic) bond motifs is 2. The van der Waals surface area contributed by atoms with Crippen molar-refractivity contribution in [3.8, 4) is 11.5 Å². The lowest BCUT2D eigenvalue weighted by atomic mass is 10.0. The number of Topliss-reactive ketones (excluding diaryl/α,β-unsaturated/α-hetero) is 1. The average Bonchev–Trinajstić information content (AvgIpc) is 3.32. The Balaban J connectivity index is 1.57. The van der Waals surface area contributed by atoms with Crippen molar-refractivity contribution in [1.29, 1.82) is 0 Å². The summed E-state index contributed by atoms with van der Waals surface area (Å²) in [5, 5.41) is 0.853. The van der Waals surface area contributed by atoms with Gasteiger partial charge in [0.1, 0.15) is 0 Å². The maximum absolute atomic E-state index is 13.8. The molecule has 0 saturated carbocycles. The number of hydrogen-bond acceptors (Lipinski definition) is 6. The summed E-state index contributed by atoms with van der Waals surface area (Å²) in [6.45, 7) is 5.28. The van der Waals surface area contributed by atoms with E-state index in [1.54, 1.807) is 24.3 Å². The van der Waals surface area contributed by atoms with Gasteiger partial charge in [0.15, 0.2) is 17.3 Å². The second-order valence-electron chi connectivity index (χ2n) is 9.21. The summed E-state index contributed by atoms with van der Waals surface area (Å²) < 4.78 is 39.7. The molecule has 1 aromatic heterocycles. The van der Waals surface area contributed by atoms with Crippen molar-refractivity contribution in [2.75, 3.05) is 6.79 Å². The fourth-order valence-electron chi connectivity index (χ4n) is 4.50. The molecule has 0 saturated heterocycles.